The average molecular weight is 544 g/mol. The summed E-state index contributed by atoms with van der Waals surface area (Å²) in [5, 5.41) is 12.0. The van der Waals surface area contributed by atoms with E-state index in [0.717, 1.165) is 0 Å². The highest BCUT2D eigenvalue weighted by Gasteiger charge is 2.61. The Labute approximate surface area is 213 Å². The lowest BCUT2D eigenvalue weighted by molar-refractivity contribution is -0.0568. The van der Waals surface area contributed by atoms with E-state index >= 15 is 0 Å². The van der Waals surface area contributed by atoms with E-state index in [2.05, 4.69) is 65.4 Å². The van der Waals surface area contributed by atoms with Crippen molar-refractivity contribution in [2.75, 3.05) is 6.61 Å². The summed E-state index contributed by atoms with van der Waals surface area (Å²) in [5.41, 5.74) is 0.666. The first-order valence-electron chi connectivity index (χ1n) is 12.4. The van der Waals surface area contributed by atoms with Crippen molar-refractivity contribution in [1.29, 1.82) is 0 Å². The molecule has 0 radical (unpaired) electrons. The number of rotatable bonds is 5. The fraction of sp³-hybridized carbons (Fsp3) is 0.739. The first-order valence-corrected chi connectivity index (χ1v) is 16.8. The maximum absolute atomic E-state index is 12.3. The van der Waals surface area contributed by atoms with Crippen LogP contribution in [0.2, 0.25) is 27.2 Å². The first-order chi connectivity index (χ1) is 16.4. The molecule has 4 atom stereocenters. The molecule has 2 N–H and O–H groups in total. The molecular weight excluding hydrogens is 506 g/mol. The van der Waals surface area contributed by atoms with Crippen LogP contribution in [0.1, 0.15) is 61.6 Å². The molecule has 2 aliphatic heterocycles. The van der Waals surface area contributed by atoms with Crippen LogP contribution >= 0.6 is 11.6 Å². The van der Waals surface area contributed by atoms with Crippen molar-refractivity contribution in [3.05, 3.63) is 27.9 Å². The second kappa shape index (κ2) is 9.68. The zero-order chi connectivity index (χ0) is 25.9. The number of fused-ring (bicyclic) bond motifs is 2. The number of aliphatic hydroxyl groups excluding tert-OH is 1. The second-order valence-corrected chi connectivity index (χ2v) is 20.2. The van der Waals surface area contributed by atoms with E-state index in [1.165, 1.54) is 6.33 Å². The van der Waals surface area contributed by atoms with Crippen molar-refractivity contribution in [1.82, 2.24) is 14.5 Å². The van der Waals surface area contributed by atoms with E-state index in [4.69, 9.17) is 29.3 Å². The van der Waals surface area contributed by atoms with E-state index in [9.17, 15) is 9.90 Å². The molecule has 196 valence electrons. The van der Waals surface area contributed by atoms with Gasteiger partial charge in [-0.05, 0) is 22.2 Å². The fourth-order valence-corrected chi connectivity index (χ4v) is 17.1. The lowest BCUT2D eigenvalue weighted by atomic mass is 10.1. The van der Waals surface area contributed by atoms with Crippen molar-refractivity contribution in [2.24, 2.45) is 0 Å². The Morgan fingerprint density at radius 1 is 1.09 bits per heavy atom. The van der Waals surface area contributed by atoms with Gasteiger partial charge in [-0.1, -0.05) is 67.0 Å². The van der Waals surface area contributed by atoms with E-state index in [-0.39, 0.29) is 44.7 Å². The molecule has 0 aromatic carbocycles. The number of H-pyrrole nitrogens is 1. The number of hydrogen-bond donors (Lipinski definition) is 2. The summed E-state index contributed by atoms with van der Waals surface area (Å²) in [6.45, 7) is 17.4. The standard InChI is InChI=1S/C23H38ClN3O6Si2/c1-12(2)34(13(3)4)30-10-17-20(32-35(33-34,14(5)6)15(7)8)19(28)23(31-17)27-9-16(24)18-21(27)25-11-26-22(18)29/h9,11-15,17,19-20,23,28H,10H2,1-8H3,(H,25,26,29)/t17-,19-,20-,23-/m1/s1. The van der Waals surface area contributed by atoms with E-state index in [1.807, 2.05) is 0 Å². The monoisotopic (exact) mass is 543 g/mol. The van der Waals surface area contributed by atoms with Crippen LogP contribution in [-0.2, 0) is 17.7 Å². The van der Waals surface area contributed by atoms with Gasteiger partial charge < -0.3 is 32.4 Å². The number of aromatic nitrogens is 3. The Morgan fingerprint density at radius 2 is 1.69 bits per heavy atom. The summed E-state index contributed by atoms with van der Waals surface area (Å²) in [5.74, 6) is 0. The number of hydrogen-bond acceptors (Lipinski definition) is 7. The third-order valence-corrected chi connectivity index (χ3v) is 18.0. The van der Waals surface area contributed by atoms with E-state index in [0.29, 0.717) is 5.65 Å². The predicted molar refractivity (Wildman–Crippen MR) is 139 cm³/mol. The molecule has 35 heavy (non-hydrogen) atoms. The SMILES string of the molecule is CC(C)[Si]1(C(C)C)OC[C@H]2O[C@@H](n3cc(Cl)c4c(=O)[nH]cnc43)[C@H](O)[C@@H]2O[Si](C(C)C)(C(C)C)O1. The number of nitrogens with zero attached hydrogens (tertiary/aromatic N) is 2. The lowest BCUT2D eigenvalue weighted by Gasteiger charge is -2.51. The number of ether oxygens (including phenoxy) is 1. The Morgan fingerprint density at radius 3 is 2.26 bits per heavy atom. The van der Waals surface area contributed by atoms with Crippen LogP contribution in [0, 0.1) is 0 Å². The quantitative estimate of drug-likeness (QED) is 0.531. The third-order valence-electron chi connectivity index (χ3n) is 7.48. The lowest BCUT2D eigenvalue weighted by Crippen LogP contribution is -2.65. The number of halogens is 1. The van der Waals surface area contributed by atoms with Crippen molar-refractivity contribution < 1.29 is 22.8 Å². The molecule has 0 saturated carbocycles. The highest BCUT2D eigenvalue weighted by molar-refractivity contribution is 6.84. The molecule has 0 spiro atoms. The Bertz CT molecular complexity index is 1100. The van der Waals surface area contributed by atoms with Crippen molar-refractivity contribution in [2.45, 2.75) is 102 Å². The molecule has 12 heteroatoms. The molecule has 2 aromatic heterocycles. The number of nitrogens with one attached hydrogen (secondary N) is 1. The summed E-state index contributed by atoms with van der Waals surface area (Å²) in [6.07, 6.45) is -0.133. The highest BCUT2D eigenvalue weighted by Crippen LogP contribution is 2.48. The summed E-state index contributed by atoms with van der Waals surface area (Å²) in [6, 6.07) is 0. The van der Waals surface area contributed by atoms with Crippen LogP contribution in [0.4, 0.5) is 0 Å². The highest BCUT2D eigenvalue weighted by atomic mass is 35.5. The van der Waals surface area contributed by atoms with E-state index < -0.39 is 41.7 Å². The molecule has 0 aliphatic carbocycles. The van der Waals surface area contributed by atoms with Gasteiger partial charge >= 0.3 is 17.1 Å². The average Bonchev–Trinajstić information content (AvgIpc) is 3.24. The van der Waals surface area contributed by atoms with Crippen LogP contribution in [0.15, 0.2) is 17.3 Å². The molecular formula is C23H38ClN3O6Si2. The Hall–Kier alpha value is -1.06. The molecule has 0 amide bonds. The molecule has 2 aromatic rings. The second-order valence-electron chi connectivity index (χ2n) is 10.9. The van der Waals surface area contributed by atoms with Gasteiger partial charge in [0.2, 0.25) is 0 Å². The number of aliphatic hydroxyl groups is 1. The molecule has 4 rings (SSSR count). The largest absolute Gasteiger partial charge is 0.414 e. The molecule has 9 nitrogen and oxygen atoms in total. The maximum Gasteiger partial charge on any atom is 0.335 e. The first kappa shape index (κ1) is 27.0. The zero-order valence-corrected chi connectivity index (χ0v) is 24.5. The fourth-order valence-electron chi connectivity index (χ4n) is 5.61. The topological polar surface area (TPSA) is 108 Å². The smallest absolute Gasteiger partial charge is 0.335 e. The van der Waals surface area contributed by atoms with Crippen LogP contribution in [-0.4, -0.2) is 61.7 Å². The maximum atomic E-state index is 12.3. The van der Waals surface area contributed by atoms with Gasteiger partial charge in [-0.3, -0.25) is 4.79 Å². The van der Waals surface area contributed by atoms with E-state index in [1.54, 1.807) is 10.8 Å². The van der Waals surface area contributed by atoms with Crippen molar-refractivity contribution in [3.8, 4) is 0 Å². The van der Waals surface area contributed by atoms with Gasteiger partial charge in [-0.25, -0.2) is 4.98 Å². The normalized spacial score (nSPS) is 28.7. The predicted octanol–water partition coefficient (Wildman–Crippen LogP) is 4.59. The van der Waals surface area contributed by atoms with Gasteiger partial charge in [0, 0.05) is 6.20 Å². The zero-order valence-electron chi connectivity index (χ0n) is 21.7. The van der Waals surface area contributed by atoms with Crippen molar-refractivity contribution >= 4 is 39.8 Å². The van der Waals surface area contributed by atoms with Crippen molar-refractivity contribution in [3.63, 3.8) is 0 Å². The minimum Gasteiger partial charge on any atom is -0.414 e. The third kappa shape index (κ3) is 4.27. The van der Waals surface area contributed by atoms with Crippen LogP contribution in [0.5, 0.6) is 0 Å². The molecule has 0 bridgehead atoms. The molecule has 4 heterocycles. The van der Waals surface area contributed by atoms with Gasteiger partial charge in [0.25, 0.3) is 5.56 Å². The van der Waals surface area contributed by atoms with Gasteiger partial charge in [0.1, 0.15) is 23.7 Å². The van der Waals surface area contributed by atoms with Gasteiger partial charge in [0.05, 0.1) is 18.0 Å². The van der Waals surface area contributed by atoms with Gasteiger partial charge in [0.15, 0.2) is 11.9 Å². The van der Waals surface area contributed by atoms with Gasteiger partial charge in [-0.15, -0.1) is 0 Å². The summed E-state index contributed by atoms with van der Waals surface area (Å²) < 4.78 is 28.9. The van der Waals surface area contributed by atoms with Crippen LogP contribution in [0.25, 0.3) is 11.0 Å². The molecule has 2 fully saturated rings. The Kier molecular flexibility index (Phi) is 7.46. The summed E-state index contributed by atoms with van der Waals surface area (Å²) in [4.78, 5) is 19.2. The minimum atomic E-state index is -2.91. The molecule has 2 aliphatic rings. The summed E-state index contributed by atoms with van der Waals surface area (Å²) in [7, 11) is -5.63. The molecule has 2 saturated heterocycles. The Balaban J connectivity index is 1.80. The number of aromatic amines is 1. The van der Waals surface area contributed by atoms with Crippen LogP contribution < -0.4 is 5.56 Å². The summed E-state index contributed by atoms with van der Waals surface area (Å²) >= 11 is 6.37. The van der Waals surface area contributed by atoms with Gasteiger partial charge in [-0.2, -0.15) is 0 Å². The molecule has 0 unspecified atom stereocenters. The minimum absolute atomic E-state index is 0.127. The van der Waals surface area contributed by atoms with Crippen LogP contribution in [0.3, 0.4) is 0 Å².